The summed E-state index contributed by atoms with van der Waals surface area (Å²) in [5, 5.41) is 22.6. The van der Waals surface area contributed by atoms with E-state index < -0.39 is 62.2 Å². The van der Waals surface area contributed by atoms with Crippen LogP contribution in [0, 0.1) is 0 Å². The van der Waals surface area contributed by atoms with E-state index in [2.05, 4.69) is 10.3 Å². The van der Waals surface area contributed by atoms with Crippen molar-refractivity contribution >= 4 is 31.2 Å². The molecule has 0 aromatic carbocycles. The van der Waals surface area contributed by atoms with Crippen LogP contribution >= 0.6 is 7.60 Å². The van der Waals surface area contributed by atoms with Crippen LogP contribution in [-0.4, -0.2) is 87.4 Å². The maximum absolute atomic E-state index is 12.4. The molecule has 0 bridgehead atoms. The van der Waals surface area contributed by atoms with Crippen molar-refractivity contribution in [3.63, 3.8) is 0 Å². The first kappa shape index (κ1) is 29.5. The molecule has 6 N–H and O–H groups in total. The molecule has 1 aromatic rings. The molecule has 17 heteroatoms. The molecule has 0 spiro atoms. The second-order valence-corrected chi connectivity index (χ2v) is 9.67. The van der Waals surface area contributed by atoms with Crippen molar-refractivity contribution in [1.82, 2.24) is 9.55 Å². The van der Waals surface area contributed by atoms with Gasteiger partial charge in [0.2, 0.25) is 11.8 Å². The molecule has 1 saturated heterocycles. The fourth-order valence-corrected chi connectivity index (χ4v) is 3.42. The minimum atomic E-state index is -3.85. The van der Waals surface area contributed by atoms with Crippen molar-refractivity contribution in [2.75, 3.05) is 32.0 Å². The van der Waals surface area contributed by atoms with Gasteiger partial charge in [0.15, 0.2) is 13.0 Å². The normalized spacial score (nSPS) is 23.1. The number of hydrogen-bond acceptors (Lipinski definition) is 12. The lowest BCUT2D eigenvalue weighted by molar-refractivity contribution is -0.157. The molecular formula is C19H29N4O12P. The quantitative estimate of drug-likeness (QED) is 0.0764. The Morgan fingerprint density at radius 2 is 1.97 bits per heavy atom. The molecule has 1 fully saturated rings. The first-order valence-electron chi connectivity index (χ1n) is 10.7. The van der Waals surface area contributed by atoms with Gasteiger partial charge in [0.05, 0.1) is 19.6 Å². The molecule has 0 aliphatic carbocycles. The number of nitrogens with two attached hydrogens (primary N) is 1. The maximum atomic E-state index is 12.4. The molecule has 36 heavy (non-hydrogen) atoms. The van der Waals surface area contributed by atoms with E-state index in [-0.39, 0.29) is 38.5 Å². The number of aliphatic hydroxyl groups is 2. The van der Waals surface area contributed by atoms with Gasteiger partial charge in [-0.1, -0.05) is 0 Å². The lowest BCUT2D eigenvalue weighted by atomic mass is 10.1. The molecule has 202 valence electrons. The van der Waals surface area contributed by atoms with Crippen LogP contribution in [0.15, 0.2) is 17.1 Å². The topological polar surface area (TPSA) is 239 Å². The molecule has 5 atom stereocenters. The van der Waals surface area contributed by atoms with Crippen molar-refractivity contribution in [2.24, 2.45) is 5.73 Å². The van der Waals surface area contributed by atoms with Crippen molar-refractivity contribution in [2.45, 2.75) is 50.2 Å². The number of hydrogen-bond donors (Lipinski definition) is 5. The zero-order valence-electron chi connectivity index (χ0n) is 19.3. The summed E-state index contributed by atoms with van der Waals surface area (Å²) in [4.78, 5) is 59.5. The van der Waals surface area contributed by atoms with Crippen LogP contribution < -0.4 is 16.7 Å². The fourth-order valence-electron chi connectivity index (χ4n) is 2.99. The van der Waals surface area contributed by atoms with Gasteiger partial charge in [-0.25, -0.2) is 4.79 Å². The summed E-state index contributed by atoms with van der Waals surface area (Å²) in [6.07, 6.45) is -4.46. The smallest absolute Gasteiger partial charge is 0.351 e. The Kier molecular flexibility index (Phi) is 11.1. The number of anilines is 1. The van der Waals surface area contributed by atoms with Crippen molar-refractivity contribution in [1.29, 1.82) is 0 Å². The van der Waals surface area contributed by atoms with Gasteiger partial charge in [-0.2, -0.15) is 4.98 Å². The second-order valence-electron chi connectivity index (χ2n) is 7.81. The number of esters is 1. The summed E-state index contributed by atoms with van der Waals surface area (Å²) in [6, 6.07) is 1.23. The molecule has 0 saturated carbocycles. The van der Waals surface area contributed by atoms with E-state index in [1.54, 1.807) is 0 Å². The molecular weight excluding hydrogens is 507 g/mol. The lowest BCUT2D eigenvalue weighted by Crippen LogP contribution is -2.36. The number of nitrogens with one attached hydrogen (secondary N) is 1. The third kappa shape index (κ3) is 9.73. The number of nitrogens with zero attached hydrogens (tertiary/aromatic N) is 2. The maximum Gasteiger partial charge on any atom is 0.351 e. The SMILES string of the molecule is CP(=O)(O)OC[C@H]1O[C@@H](n2ccc(NC(=O)CCC(=O)OCOCCCC(N)=O)nc2=O)[C@@H](O)C1O. The van der Waals surface area contributed by atoms with Crippen molar-refractivity contribution in [3.05, 3.63) is 22.7 Å². The molecule has 16 nitrogen and oxygen atoms in total. The number of rotatable bonds is 14. The number of primary amides is 1. The van der Waals surface area contributed by atoms with E-state index in [1.807, 2.05) is 0 Å². The van der Waals surface area contributed by atoms with Gasteiger partial charge >= 0.3 is 19.3 Å². The Bertz CT molecular complexity index is 1030. The summed E-state index contributed by atoms with van der Waals surface area (Å²) in [5.41, 5.74) is 4.05. The van der Waals surface area contributed by atoms with Gasteiger partial charge in [-0.3, -0.25) is 23.5 Å². The van der Waals surface area contributed by atoms with Crippen LogP contribution in [0.25, 0.3) is 0 Å². The number of aliphatic hydroxyl groups excluding tert-OH is 2. The molecule has 1 aromatic heterocycles. The lowest BCUT2D eigenvalue weighted by Gasteiger charge is -2.17. The van der Waals surface area contributed by atoms with E-state index in [1.165, 1.54) is 6.07 Å². The van der Waals surface area contributed by atoms with Gasteiger partial charge in [0.25, 0.3) is 0 Å². The summed E-state index contributed by atoms with van der Waals surface area (Å²) in [6.45, 7) is 0.276. The van der Waals surface area contributed by atoms with Crippen molar-refractivity contribution < 1.29 is 52.8 Å². The van der Waals surface area contributed by atoms with Gasteiger partial charge in [0.1, 0.15) is 24.1 Å². The summed E-state index contributed by atoms with van der Waals surface area (Å²) < 4.78 is 32.0. The standard InChI is InChI=1S/C19H29N4O12P/c1-36(30,31)34-9-11-16(27)17(28)18(35-11)23-7-6-13(22-19(23)29)21-14(25)4-5-15(26)33-10-32-8-2-3-12(20)24/h6-7,11,16-18,27-28H,2-5,8-10H2,1H3,(H2,20,24)(H,30,31)(H,21,22,25,29)/t11-,16?,17+,18-/m1/s1. The monoisotopic (exact) mass is 536 g/mol. The minimum absolute atomic E-state index is 0.132. The van der Waals surface area contributed by atoms with E-state index in [0.29, 0.717) is 6.42 Å². The van der Waals surface area contributed by atoms with Crippen LogP contribution in [0.5, 0.6) is 0 Å². The first-order chi connectivity index (χ1) is 16.9. The van der Waals surface area contributed by atoms with Crippen LogP contribution in [0.1, 0.15) is 31.9 Å². The average molecular weight is 536 g/mol. The zero-order chi connectivity index (χ0) is 26.9. The molecule has 2 heterocycles. The number of carbonyl (C=O) groups excluding carboxylic acids is 3. The number of aromatic nitrogens is 2. The highest BCUT2D eigenvalue weighted by Crippen LogP contribution is 2.38. The molecule has 2 amide bonds. The fraction of sp³-hybridized carbons (Fsp3) is 0.632. The molecule has 2 unspecified atom stereocenters. The number of carbonyl (C=O) groups is 3. The van der Waals surface area contributed by atoms with Gasteiger partial charge in [0, 0.05) is 25.7 Å². The first-order valence-corrected chi connectivity index (χ1v) is 12.8. The van der Waals surface area contributed by atoms with Gasteiger partial charge in [-0.15, -0.1) is 0 Å². The molecule has 1 aliphatic rings. The van der Waals surface area contributed by atoms with Crippen LogP contribution in [0.3, 0.4) is 0 Å². The van der Waals surface area contributed by atoms with Crippen molar-refractivity contribution in [3.8, 4) is 0 Å². The minimum Gasteiger partial charge on any atom is -0.438 e. The van der Waals surface area contributed by atoms with E-state index in [4.69, 9.17) is 24.5 Å². The van der Waals surface area contributed by atoms with Gasteiger partial charge in [-0.05, 0) is 12.5 Å². The summed E-state index contributed by atoms with van der Waals surface area (Å²) in [7, 11) is -3.85. The van der Waals surface area contributed by atoms with Crippen LogP contribution in [0.2, 0.25) is 0 Å². The molecule has 2 rings (SSSR count). The van der Waals surface area contributed by atoms with Crippen LogP contribution in [-0.2, 0) is 37.7 Å². The summed E-state index contributed by atoms with van der Waals surface area (Å²) in [5.74, 6) is -1.93. The highest BCUT2D eigenvalue weighted by Gasteiger charge is 2.44. The highest BCUT2D eigenvalue weighted by molar-refractivity contribution is 7.51. The van der Waals surface area contributed by atoms with E-state index >= 15 is 0 Å². The molecule has 1 aliphatic heterocycles. The summed E-state index contributed by atoms with van der Waals surface area (Å²) >= 11 is 0. The Morgan fingerprint density at radius 1 is 1.25 bits per heavy atom. The number of amides is 2. The van der Waals surface area contributed by atoms with Gasteiger partial charge < -0.3 is 44.9 Å². The predicted octanol–water partition coefficient (Wildman–Crippen LogP) is -1.80. The van der Waals surface area contributed by atoms with E-state index in [0.717, 1.165) is 17.4 Å². The highest BCUT2D eigenvalue weighted by atomic mass is 31.2. The Labute approximate surface area is 204 Å². The van der Waals surface area contributed by atoms with Crippen LogP contribution in [0.4, 0.5) is 5.82 Å². The predicted molar refractivity (Wildman–Crippen MR) is 119 cm³/mol. The Balaban J connectivity index is 1.81. The largest absolute Gasteiger partial charge is 0.438 e. The second kappa shape index (κ2) is 13.5. The third-order valence-corrected chi connectivity index (χ3v) is 5.39. The Hall–Kier alpha value is -2.72. The Morgan fingerprint density at radius 3 is 2.61 bits per heavy atom. The third-order valence-electron chi connectivity index (χ3n) is 4.76. The zero-order valence-corrected chi connectivity index (χ0v) is 20.2. The number of ether oxygens (including phenoxy) is 3. The molecule has 0 radical (unpaired) electrons. The average Bonchev–Trinajstić information content (AvgIpc) is 3.06. The van der Waals surface area contributed by atoms with E-state index in [9.17, 15) is 38.8 Å².